The molecule has 1 rings (SSSR count). The standard InChI is InChI=1S/C15H26N4O4/c1-6-7-19(14(20)23-15(2,3)4)8-9-22-13-17-10-11(16)12(18-13)21-5/h10H,6-9,16H2,1-5H3. The molecule has 0 fully saturated rings. The molecule has 1 aromatic rings. The van der Waals surface area contributed by atoms with Crippen molar-refractivity contribution in [1.82, 2.24) is 14.9 Å². The summed E-state index contributed by atoms with van der Waals surface area (Å²) in [5.41, 5.74) is 5.44. The first-order chi connectivity index (χ1) is 10.8. The van der Waals surface area contributed by atoms with Crippen LogP contribution in [0.1, 0.15) is 34.1 Å². The van der Waals surface area contributed by atoms with Gasteiger partial charge in [-0.3, -0.25) is 0 Å². The zero-order valence-electron chi connectivity index (χ0n) is 14.5. The second kappa shape index (κ2) is 8.40. The number of nitrogens with two attached hydrogens (primary N) is 1. The zero-order chi connectivity index (χ0) is 17.5. The first kappa shape index (κ1) is 18.8. The molecule has 2 N–H and O–H groups in total. The lowest BCUT2D eigenvalue weighted by Gasteiger charge is -2.27. The molecule has 0 bridgehead atoms. The number of carbonyl (C=O) groups excluding carboxylic acids is 1. The quantitative estimate of drug-likeness (QED) is 0.819. The summed E-state index contributed by atoms with van der Waals surface area (Å²) >= 11 is 0. The summed E-state index contributed by atoms with van der Waals surface area (Å²) in [6.07, 6.45) is 1.88. The molecule has 1 amide bonds. The SMILES string of the molecule is CCCN(CCOc1ncc(N)c(OC)n1)C(=O)OC(C)(C)C. The van der Waals surface area contributed by atoms with Gasteiger partial charge in [0, 0.05) is 6.54 Å². The maximum atomic E-state index is 12.1. The topological polar surface area (TPSA) is 99.8 Å². The van der Waals surface area contributed by atoms with Crippen LogP contribution in [0.4, 0.5) is 10.5 Å². The van der Waals surface area contributed by atoms with Gasteiger partial charge in [0.15, 0.2) is 0 Å². The number of anilines is 1. The minimum Gasteiger partial charge on any atom is -0.479 e. The van der Waals surface area contributed by atoms with Crippen LogP contribution in [-0.2, 0) is 4.74 Å². The van der Waals surface area contributed by atoms with Crippen LogP contribution in [0.25, 0.3) is 0 Å². The second-order valence-electron chi connectivity index (χ2n) is 5.93. The van der Waals surface area contributed by atoms with Crippen LogP contribution >= 0.6 is 0 Å². The van der Waals surface area contributed by atoms with Crippen LogP contribution in [0.2, 0.25) is 0 Å². The first-order valence-corrected chi connectivity index (χ1v) is 7.54. The Balaban J connectivity index is 2.57. The van der Waals surface area contributed by atoms with Crippen LogP contribution < -0.4 is 15.2 Å². The average Bonchev–Trinajstić information content (AvgIpc) is 2.46. The predicted octanol–water partition coefficient (Wildman–Crippen LogP) is 2.09. The Morgan fingerprint density at radius 1 is 1.35 bits per heavy atom. The highest BCUT2D eigenvalue weighted by Gasteiger charge is 2.21. The van der Waals surface area contributed by atoms with Crippen molar-refractivity contribution >= 4 is 11.8 Å². The maximum absolute atomic E-state index is 12.1. The van der Waals surface area contributed by atoms with Gasteiger partial charge < -0.3 is 24.8 Å². The van der Waals surface area contributed by atoms with E-state index in [1.54, 1.807) is 4.90 Å². The van der Waals surface area contributed by atoms with Crippen LogP contribution in [-0.4, -0.2) is 53.4 Å². The van der Waals surface area contributed by atoms with E-state index >= 15 is 0 Å². The number of carbonyl (C=O) groups is 1. The van der Waals surface area contributed by atoms with Gasteiger partial charge in [-0.1, -0.05) is 6.92 Å². The third kappa shape index (κ3) is 6.58. The normalized spacial score (nSPS) is 11.0. The number of hydrogen-bond donors (Lipinski definition) is 1. The summed E-state index contributed by atoms with van der Waals surface area (Å²) in [6, 6.07) is 0.150. The summed E-state index contributed by atoms with van der Waals surface area (Å²) in [5, 5.41) is 0. The third-order valence-electron chi connectivity index (χ3n) is 2.69. The Labute approximate surface area is 136 Å². The number of amides is 1. The summed E-state index contributed by atoms with van der Waals surface area (Å²) in [6.45, 7) is 8.70. The van der Waals surface area contributed by atoms with E-state index in [9.17, 15) is 4.79 Å². The van der Waals surface area contributed by atoms with Crippen LogP contribution in [0.3, 0.4) is 0 Å². The lowest BCUT2D eigenvalue weighted by molar-refractivity contribution is 0.0224. The lowest BCUT2D eigenvalue weighted by atomic mass is 10.2. The van der Waals surface area contributed by atoms with E-state index in [0.29, 0.717) is 18.8 Å². The lowest BCUT2D eigenvalue weighted by Crippen LogP contribution is -2.39. The molecule has 0 atom stereocenters. The van der Waals surface area contributed by atoms with Gasteiger partial charge in [0.1, 0.15) is 17.9 Å². The first-order valence-electron chi connectivity index (χ1n) is 7.54. The zero-order valence-corrected chi connectivity index (χ0v) is 14.5. The van der Waals surface area contributed by atoms with Gasteiger partial charge in [-0.05, 0) is 27.2 Å². The number of nitrogens with zero attached hydrogens (tertiary/aromatic N) is 3. The molecule has 0 aromatic carbocycles. The molecule has 0 unspecified atom stereocenters. The Bertz CT molecular complexity index is 517. The predicted molar refractivity (Wildman–Crippen MR) is 86.6 cm³/mol. The fraction of sp³-hybridized carbons (Fsp3) is 0.667. The fourth-order valence-corrected chi connectivity index (χ4v) is 1.73. The van der Waals surface area contributed by atoms with Gasteiger partial charge in [-0.25, -0.2) is 9.78 Å². The molecule has 0 aliphatic carbocycles. The Hall–Kier alpha value is -2.25. The summed E-state index contributed by atoms with van der Waals surface area (Å²) in [4.78, 5) is 21.7. The molecule has 0 saturated carbocycles. The molecular weight excluding hydrogens is 300 g/mol. The van der Waals surface area contributed by atoms with Crippen LogP contribution in [0.5, 0.6) is 11.9 Å². The van der Waals surface area contributed by atoms with Crippen molar-refractivity contribution in [3.8, 4) is 11.9 Å². The second-order valence-corrected chi connectivity index (χ2v) is 5.93. The van der Waals surface area contributed by atoms with Crippen LogP contribution in [0, 0.1) is 0 Å². The average molecular weight is 326 g/mol. The van der Waals surface area contributed by atoms with Gasteiger partial charge >= 0.3 is 12.1 Å². The molecule has 8 heteroatoms. The molecule has 1 aromatic heterocycles. The highest BCUT2D eigenvalue weighted by Crippen LogP contribution is 2.18. The van der Waals surface area contributed by atoms with E-state index in [4.69, 9.17) is 19.9 Å². The summed E-state index contributed by atoms with van der Waals surface area (Å²) < 4.78 is 15.8. The number of hydrogen-bond acceptors (Lipinski definition) is 7. The van der Waals surface area contributed by atoms with E-state index in [2.05, 4.69) is 9.97 Å². The molecule has 0 spiro atoms. The highest BCUT2D eigenvalue weighted by molar-refractivity contribution is 5.68. The van der Waals surface area contributed by atoms with Crippen molar-refractivity contribution in [1.29, 1.82) is 0 Å². The molecule has 0 aliphatic heterocycles. The summed E-state index contributed by atoms with van der Waals surface area (Å²) in [5.74, 6) is 0.257. The fourth-order valence-electron chi connectivity index (χ4n) is 1.73. The molecular formula is C15H26N4O4. The molecule has 130 valence electrons. The molecule has 1 heterocycles. The number of aromatic nitrogens is 2. The molecule has 0 saturated heterocycles. The minimum atomic E-state index is -0.530. The van der Waals surface area contributed by atoms with Gasteiger partial charge in [0.2, 0.25) is 5.88 Å². The van der Waals surface area contributed by atoms with E-state index in [-0.39, 0.29) is 24.6 Å². The van der Waals surface area contributed by atoms with E-state index in [1.165, 1.54) is 13.3 Å². The highest BCUT2D eigenvalue weighted by atomic mass is 16.6. The molecule has 8 nitrogen and oxygen atoms in total. The Kier molecular flexibility index (Phi) is 6.87. The van der Waals surface area contributed by atoms with Crippen molar-refractivity contribution in [3.63, 3.8) is 0 Å². The van der Waals surface area contributed by atoms with E-state index in [0.717, 1.165) is 6.42 Å². The van der Waals surface area contributed by atoms with Crippen molar-refractivity contribution in [2.24, 2.45) is 0 Å². The minimum absolute atomic E-state index is 0.150. The smallest absolute Gasteiger partial charge is 0.410 e. The van der Waals surface area contributed by atoms with E-state index in [1.807, 2.05) is 27.7 Å². The van der Waals surface area contributed by atoms with Crippen LogP contribution in [0.15, 0.2) is 6.20 Å². The number of rotatable bonds is 7. The maximum Gasteiger partial charge on any atom is 0.410 e. The van der Waals surface area contributed by atoms with Gasteiger partial charge in [-0.2, -0.15) is 4.98 Å². The van der Waals surface area contributed by atoms with Crippen molar-refractivity contribution in [2.75, 3.05) is 32.5 Å². The Morgan fingerprint density at radius 3 is 2.61 bits per heavy atom. The third-order valence-corrected chi connectivity index (χ3v) is 2.69. The summed E-state index contributed by atoms with van der Waals surface area (Å²) in [7, 11) is 1.47. The van der Waals surface area contributed by atoms with Crippen molar-refractivity contribution in [3.05, 3.63) is 6.20 Å². The number of ether oxygens (including phenoxy) is 3. The molecule has 0 aliphatic rings. The molecule has 23 heavy (non-hydrogen) atoms. The largest absolute Gasteiger partial charge is 0.479 e. The Morgan fingerprint density at radius 2 is 2.04 bits per heavy atom. The monoisotopic (exact) mass is 326 g/mol. The van der Waals surface area contributed by atoms with Crippen molar-refractivity contribution < 1.29 is 19.0 Å². The number of nitrogen functional groups attached to an aromatic ring is 1. The van der Waals surface area contributed by atoms with Gasteiger partial charge in [0.25, 0.3) is 0 Å². The van der Waals surface area contributed by atoms with Gasteiger partial charge in [-0.15, -0.1) is 0 Å². The van der Waals surface area contributed by atoms with Gasteiger partial charge in [0.05, 0.1) is 19.9 Å². The van der Waals surface area contributed by atoms with E-state index < -0.39 is 5.60 Å². The number of methoxy groups -OCH3 is 1. The molecule has 0 radical (unpaired) electrons. The van der Waals surface area contributed by atoms with Crippen molar-refractivity contribution in [2.45, 2.75) is 39.7 Å².